The summed E-state index contributed by atoms with van der Waals surface area (Å²) in [6.45, 7) is 3.97. The molecule has 0 bridgehead atoms. The second-order valence-corrected chi connectivity index (χ2v) is 19.2. The van der Waals surface area contributed by atoms with Gasteiger partial charge in [0.15, 0.2) is 0 Å². The van der Waals surface area contributed by atoms with Crippen molar-refractivity contribution in [3.63, 3.8) is 0 Å². The minimum Gasteiger partial charge on any atom is -0.274 e. The number of hydrogen-bond donors (Lipinski definition) is 0. The van der Waals surface area contributed by atoms with E-state index in [9.17, 15) is 36.0 Å². The summed E-state index contributed by atoms with van der Waals surface area (Å²) in [6.07, 6.45) is 4.14. The van der Waals surface area contributed by atoms with Crippen LogP contribution in [0.2, 0.25) is 0 Å². The number of nitrogens with zero attached hydrogens (tertiary/aromatic N) is 4. The molecule has 300 valence electrons. The first-order valence-electron chi connectivity index (χ1n) is 19.6. The molecular weight excluding hydrogens is 777 g/mol. The van der Waals surface area contributed by atoms with Gasteiger partial charge in [-0.25, -0.2) is 16.8 Å². The SMILES string of the molecule is Cc1ccc(S(=O)(=O)N2C=C([C@H]3CC[C@@H](CCCN4C(=O)c5ccccc5C4=O)N3S(=O)(=O)c3ccc(C)cc3)C[C@H]2CCCN2C(=O)c3ccccc3C2=O)cc1. The van der Waals surface area contributed by atoms with E-state index < -0.39 is 38.2 Å². The van der Waals surface area contributed by atoms with E-state index >= 15 is 0 Å². The first-order chi connectivity index (χ1) is 27.8. The maximum atomic E-state index is 14.7. The van der Waals surface area contributed by atoms with E-state index in [0.29, 0.717) is 66.4 Å². The molecule has 0 aromatic heterocycles. The van der Waals surface area contributed by atoms with Crippen LogP contribution in [0.15, 0.2) is 119 Å². The third kappa shape index (κ3) is 6.96. The minimum absolute atomic E-state index is 0.0996. The topological polar surface area (TPSA) is 150 Å². The third-order valence-electron chi connectivity index (χ3n) is 11.8. The molecule has 4 aromatic carbocycles. The summed E-state index contributed by atoms with van der Waals surface area (Å²) in [4.78, 5) is 55.1. The largest absolute Gasteiger partial charge is 0.274 e. The second kappa shape index (κ2) is 15.4. The van der Waals surface area contributed by atoms with Gasteiger partial charge in [-0.2, -0.15) is 4.31 Å². The van der Waals surface area contributed by atoms with E-state index in [-0.39, 0.29) is 52.9 Å². The summed E-state index contributed by atoms with van der Waals surface area (Å²) in [5, 5.41) is 0. The summed E-state index contributed by atoms with van der Waals surface area (Å²) >= 11 is 0. The summed E-state index contributed by atoms with van der Waals surface area (Å²) in [5.41, 5.74) is 3.84. The molecule has 0 radical (unpaired) electrons. The molecule has 0 N–H and O–H groups in total. The monoisotopic (exact) mass is 820 g/mol. The van der Waals surface area contributed by atoms with Gasteiger partial charge < -0.3 is 0 Å². The number of amides is 4. The first-order valence-corrected chi connectivity index (χ1v) is 22.5. The van der Waals surface area contributed by atoms with Gasteiger partial charge in [-0.15, -0.1) is 0 Å². The van der Waals surface area contributed by atoms with Gasteiger partial charge in [0, 0.05) is 37.4 Å². The number of benzene rings is 4. The van der Waals surface area contributed by atoms with E-state index in [1.54, 1.807) is 103 Å². The highest BCUT2D eigenvalue weighted by atomic mass is 32.2. The highest BCUT2D eigenvalue weighted by molar-refractivity contribution is 7.89. The number of aryl methyl sites for hydroxylation is 2. The molecule has 0 saturated carbocycles. The second-order valence-electron chi connectivity index (χ2n) is 15.5. The van der Waals surface area contributed by atoms with Crippen LogP contribution in [0.4, 0.5) is 0 Å². The lowest BCUT2D eigenvalue weighted by Gasteiger charge is -2.31. The average Bonchev–Trinajstić information content (AvgIpc) is 3.96. The molecule has 12 nitrogen and oxygen atoms in total. The van der Waals surface area contributed by atoms with Gasteiger partial charge in [0.25, 0.3) is 33.7 Å². The molecule has 4 heterocycles. The smallest absolute Gasteiger partial charge is 0.264 e. The molecule has 4 aliphatic rings. The van der Waals surface area contributed by atoms with Crippen LogP contribution in [0.25, 0.3) is 0 Å². The van der Waals surface area contributed by atoms with Gasteiger partial charge in [-0.3, -0.25) is 33.3 Å². The number of imide groups is 2. The number of fused-ring (bicyclic) bond motifs is 2. The van der Waals surface area contributed by atoms with Crippen molar-refractivity contribution in [2.45, 2.75) is 86.7 Å². The fraction of sp³-hybridized carbons (Fsp3) is 0.318. The quantitative estimate of drug-likeness (QED) is 0.142. The maximum Gasteiger partial charge on any atom is 0.264 e. The Kier molecular flexibility index (Phi) is 10.4. The number of hydrogen-bond acceptors (Lipinski definition) is 8. The fourth-order valence-corrected chi connectivity index (χ4v) is 12.2. The van der Waals surface area contributed by atoms with E-state index in [1.807, 2.05) is 13.8 Å². The van der Waals surface area contributed by atoms with Crippen LogP contribution in [-0.2, 0) is 20.0 Å². The van der Waals surface area contributed by atoms with Crippen molar-refractivity contribution in [3.05, 3.63) is 142 Å². The van der Waals surface area contributed by atoms with Crippen molar-refractivity contribution in [2.75, 3.05) is 13.1 Å². The Morgan fingerprint density at radius 2 is 0.948 bits per heavy atom. The van der Waals surface area contributed by atoms with Gasteiger partial charge >= 0.3 is 0 Å². The zero-order valence-corrected chi connectivity index (χ0v) is 33.9. The Balaban J connectivity index is 1.06. The van der Waals surface area contributed by atoms with Gasteiger partial charge in [0.2, 0.25) is 10.0 Å². The minimum atomic E-state index is -4.10. The number of carbonyl (C=O) groups excluding carboxylic acids is 4. The van der Waals surface area contributed by atoms with Gasteiger partial charge in [0.1, 0.15) is 0 Å². The molecule has 0 unspecified atom stereocenters. The van der Waals surface area contributed by atoms with E-state index in [0.717, 1.165) is 11.1 Å². The molecule has 58 heavy (non-hydrogen) atoms. The molecule has 8 rings (SSSR count). The van der Waals surface area contributed by atoms with Gasteiger partial charge in [0.05, 0.1) is 32.0 Å². The third-order valence-corrected chi connectivity index (χ3v) is 15.6. The van der Waals surface area contributed by atoms with Crippen molar-refractivity contribution >= 4 is 43.7 Å². The number of rotatable bonds is 13. The van der Waals surface area contributed by atoms with E-state index in [4.69, 9.17) is 0 Å². The van der Waals surface area contributed by atoms with Crippen molar-refractivity contribution in [2.24, 2.45) is 0 Å². The predicted octanol–water partition coefficient (Wildman–Crippen LogP) is 6.33. The highest BCUT2D eigenvalue weighted by Gasteiger charge is 2.47. The van der Waals surface area contributed by atoms with Crippen LogP contribution in [0.1, 0.15) is 97.5 Å². The first kappa shape index (κ1) is 39.4. The molecule has 1 fully saturated rings. The Hall–Kier alpha value is -5.44. The molecule has 4 aliphatic heterocycles. The number of carbonyl (C=O) groups is 4. The van der Waals surface area contributed by atoms with E-state index in [2.05, 4.69) is 0 Å². The standard InChI is InChI=1S/C44H44N4O8S2/c1-29-15-20-34(21-16-29)57(53,54)47-28-31(27-33(47)10-8-26-46-43(51)38-13-5-6-14-39(38)44(46)52)40-24-19-32(48(40)58(55,56)35-22-17-30(2)18-23-35)9-7-25-45-41(49)36-11-3-4-12-37(36)42(45)50/h3-6,11-18,20-23,28,32-33,40H,7-10,19,24-27H2,1-2H3/t32-,33-,40-/m1/s1. The van der Waals surface area contributed by atoms with Crippen LogP contribution in [-0.4, -0.2) is 90.1 Å². The summed E-state index contributed by atoms with van der Waals surface area (Å²) < 4.78 is 60.9. The lowest BCUT2D eigenvalue weighted by Crippen LogP contribution is -2.42. The molecule has 0 spiro atoms. The highest BCUT2D eigenvalue weighted by Crippen LogP contribution is 2.42. The Morgan fingerprint density at radius 1 is 0.534 bits per heavy atom. The lowest BCUT2D eigenvalue weighted by molar-refractivity contribution is 0.0634. The Labute approximate surface area is 338 Å². The van der Waals surface area contributed by atoms with Gasteiger partial charge in [-0.1, -0.05) is 59.7 Å². The van der Waals surface area contributed by atoms with Crippen molar-refractivity contribution in [1.82, 2.24) is 18.4 Å². The predicted molar refractivity (Wildman–Crippen MR) is 216 cm³/mol. The molecule has 1 saturated heterocycles. The summed E-state index contributed by atoms with van der Waals surface area (Å²) in [5.74, 6) is -1.50. The fourth-order valence-electron chi connectivity index (χ4n) is 8.76. The Bertz CT molecular complexity index is 2500. The molecule has 14 heteroatoms. The van der Waals surface area contributed by atoms with Crippen LogP contribution < -0.4 is 0 Å². The molecule has 4 aromatic rings. The van der Waals surface area contributed by atoms with Crippen molar-refractivity contribution in [3.8, 4) is 0 Å². The Morgan fingerprint density at radius 3 is 1.40 bits per heavy atom. The van der Waals surface area contributed by atoms with Crippen LogP contribution in [0, 0.1) is 13.8 Å². The lowest BCUT2D eigenvalue weighted by atomic mass is 9.99. The maximum absolute atomic E-state index is 14.7. The van der Waals surface area contributed by atoms with Crippen LogP contribution >= 0.6 is 0 Å². The molecule has 3 atom stereocenters. The molecular formula is C44H44N4O8S2. The number of sulfonamides is 2. The van der Waals surface area contributed by atoms with E-state index in [1.165, 1.54) is 18.4 Å². The van der Waals surface area contributed by atoms with Crippen LogP contribution in [0.3, 0.4) is 0 Å². The summed E-state index contributed by atoms with van der Waals surface area (Å²) in [7, 11) is -8.19. The summed E-state index contributed by atoms with van der Waals surface area (Å²) in [6, 6.07) is 24.8. The van der Waals surface area contributed by atoms with Crippen molar-refractivity contribution in [1.29, 1.82) is 0 Å². The normalized spacial score (nSPS) is 21.0. The zero-order valence-electron chi connectivity index (χ0n) is 32.3. The van der Waals surface area contributed by atoms with Crippen molar-refractivity contribution < 1.29 is 36.0 Å². The average molecular weight is 821 g/mol. The zero-order chi connectivity index (χ0) is 40.9. The molecule has 4 amide bonds. The molecule has 0 aliphatic carbocycles. The van der Waals surface area contributed by atoms with Crippen LogP contribution in [0.5, 0.6) is 0 Å². The van der Waals surface area contributed by atoms with Gasteiger partial charge in [-0.05, 0) is 113 Å².